The minimum absolute atomic E-state index is 0.136. The van der Waals surface area contributed by atoms with E-state index >= 15 is 0 Å². The van der Waals surface area contributed by atoms with E-state index in [2.05, 4.69) is 0 Å². The second kappa shape index (κ2) is 3.84. The van der Waals surface area contributed by atoms with Crippen LogP contribution in [0.25, 0.3) is 0 Å². The molecule has 1 aromatic heterocycles. The van der Waals surface area contributed by atoms with Gasteiger partial charge in [-0.25, -0.2) is 0 Å². The van der Waals surface area contributed by atoms with E-state index in [0.717, 1.165) is 12.5 Å². The number of anilines is 1. The van der Waals surface area contributed by atoms with Crippen molar-refractivity contribution in [1.29, 1.82) is 0 Å². The molecular formula is C10H14N2O2. The lowest BCUT2D eigenvalue weighted by Crippen LogP contribution is -2.12. The van der Waals surface area contributed by atoms with Crippen molar-refractivity contribution >= 4 is 5.69 Å². The van der Waals surface area contributed by atoms with Crippen LogP contribution in [0.5, 0.6) is 0 Å². The van der Waals surface area contributed by atoms with Crippen molar-refractivity contribution in [2.75, 3.05) is 12.3 Å². The summed E-state index contributed by atoms with van der Waals surface area (Å²) >= 11 is 0. The zero-order valence-corrected chi connectivity index (χ0v) is 7.98. The molecule has 1 aromatic rings. The third kappa shape index (κ3) is 2.35. The molecule has 0 atom stereocenters. The lowest BCUT2D eigenvalue weighted by Gasteiger charge is -2.07. The summed E-state index contributed by atoms with van der Waals surface area (Å²) in [6, 6.07) is 1.45. The Kier molecular flexibility index (Phi) is 2.54. The van der Waals surface area contributed by atoms with Gasteiger partial charge in [0, 0.05) is 18.5 Å². The summed E-state index contributed by atoms with van der Waals surface area (Å²) in [4.78, 5) is 11.0. The largest absolute Gasteiger partial charge is 0.394 e. The van der Waals surface area contributed by atoms with E-state index in [9.17, 15) is 4.79 Å². The molecule has 2 N–H and O–H groups in total. The molecule has 0 spiro atoms. The third-order valence-corrected chi connectivity index (χ3v) is 2.30. The molecule has 14 heavy (non-hydrogen) atoms. The Morgan fingerprint density at radius 1 is 1.57 bits per heavy atom. The molecule has 0 unspecified atom stereocenters. The molecule has 0 amide bonds. The Hall–Kier alpha value is -1.29. The number of hydrogen-bond acceptors (Lipinski definition) is 3. The highest BCUT2D eigenvalue weighted by Crippen LogP contribution is 2.28. The molecule has 1 heterocycles. The molecule has 76 valence electrons. The molecule has 1 aliphatic carbocycles. The first-order valence-electron chi connectivity index (χ1n) is 4.79. The molecule has 1 aliphatic rings. The average Bonchev–Trinajstić information content (AvgIpc) is 2.95. The van der Waals surface area contributed by atoms with Crippen molar-refractivity contribution in [3.63, 3.8) is 0 Å². The van der Waals surface area contributed by atoms with E-state index in [1.807, 2.05) is 0 Å². The zero-order valence-electron chi connectivity index (χ0n) is 7.98. The lowest BCUT2D eigenvalue weighted by atomic mass is 10.4. The molecule has 0 bridgehead atoms. The molecule has 4 nitrogen and oxygen atoms in total. The van der Waals surface area contributed by atoms with Crippen LogP contribution in [0.4, 0.5) is 5.69 Å². The van der Waals surface area contributed by atoms with E-state index in [1.54, 1.807) is 17.0 Å². The summed E-state index contributed by atoms with van der Waals surface area (Å²) in [7, 11) is 0. The standard InChI is InChI=1S/C10H14N2O2/c11-9-5-12(4-3-10(9)13)7-14-6-8-1-2-8/h3-5,8H,1-2,6-7,11H2. The van der Waals surface area contributed by atoms with Crippen LogP contribution in [0.1, 0.15) is 12.8 Å². The first-order chi connectivity index (χ1) is 6.75. The van der Waals surface area contributed by atoms with Gasteiger partial charge in [0.1, 0.15) is 6.73 Å². The molecule has 1 fully saturated rings. The normalized spacial score (nSPS) is 15.7. The number of nitrogens with zero attached hydrogens (tertiary/aromatic N) is 1. The number of aromatic nitrogens is 1. The molecular weight excluding hydrogens is 180 g/mol. The summed E-state index contributed by atoms with van der Waals surface area (Å²) in [5, 5.41) is 0. The maximum absolute atomic E-state index is 11.0. The van der Waals surface area contributed by atoms with Gasteiger partial charge in [-0.05, 0) is 18.8 Å². The number of nitrogens with two attached hydrogens (primary N) is 1. The summed E-state index contributed by atoms with van der Waals surface area (Å²) < 4.78 is 7.22. The number of rotatable bonds is 4. The molecule has 2 rings (SSSR count). The van der Waals surface area contributed by atoms with E-state index in [0.29, 0.717) is 6.73 Å². The highest BCUT2D eigenvalue weighted by molar-refractivity contribution is 5.33. The smallest absolute Gasteiger partial charge is 0.204 e. The molecule has 1 saturated carbocycles. The highest BCUT2D eigenvalue weighted by atomic mass is 16.5. The van der Waals surface area contributed by atoms with Crippen LogP contribution in [0.2, 0.25) is 0 Å². The highest BCUT2D eigenvalue weighted by Gasteiger charge is 2.20. The number of pyridine rings is 1. The second-order valence-electron chi connectivity index (χ2n) is 3.72. The van der Waals surface area contributed by atoms with Crippen molar-refractivity contribution in [3.05, 3.63) is 28.7 Å². The van der Waals surface area contributed by atoms with Gasteiger partial charge in [-0.3, -0.25) is 4.79 Å². The van der Waals surface area contributed by atoms with Gasteiger partial charge < -0.3 is 15.0 Å². The van der Waals surface area contributed by atoms with Gasteiger partial charge in [-0.2, -0.15) is 0 Å². The fraction of sp³-hybridized carbons (Fsp3) is 0.500. The van der Waals surface area contributed by atoms with Gasteiger partial charge in [-0.1, -0.05) is 0 Å². The van der Waals surface area contributed by atoms with Crippen molar-refractivity contribution in [1.82, 2.24) is 4.57 Å². The summed E-state index contributed by atoms with van der Waals surface area (Å²) in [6.45, 7) is 1.28. The monoisotopic (exact) mass is 194 g/mol. The Balaban J connectivity index is 1.88. The van der Waals surface area contributed by atoms with Crippen LogP contribution in [-0.4, -0.2) is 11.2 Å². The van der Waals surface area contributed by atoms with Crippen LogP contribution in [0, 0.1) is 5.92 Å². The van der Waals surface area contributed by atoms with Crippen LogP contribution >= 0.6 is 0 Å². The molecule has 0 aliphatic heterocycles. The fourth-order valence-electron chi connectivity index (χ4n) is 1.23. The van der Waals surface area contributed by atoms with Gasteiger partial charge in [0.05, 0.1) is 12.3 Å². The third-order valence-electron chi connectivity index (χ3n) is 2.30. The lowest BCUT2D eigenvalue weighted by molar-refractivity contribution is 0.0687. The number of nitrogen functional groups attached to an aromatic ring is 1. The predicted molar refractivity (Wildman–Crippen MR) is 53.8 cm³/mol. The van der Waals surface area contributed by atoms with Crippen LogP contribution < -0.4 is 11.2 Å². The first-order valence-corrected chi connectivity index (χ1v) is 4.79. The second-order valence-corrected chi connectivity index (χ2v) is 3.72. The van der Waals surface area contributed by atoms with Crippen molar-refractivity contribution in [3.8, 4) is 0 Å². The SMILES string of the molecule is Nc1cn(COCC2CC2)ccc1=O. The maximum atomic E-state index is 11.0. The van der Waals surface area contributed by atoms with Crippen LogP contribution in [0.3, 0.4) is 0 Å². The predicted octanol–water partition coefficient (Wildman–Crippen LogP) is 0.815. The molecule has 4 heteroatoms. The summed E-state index contributed by atoms with van der Waals surface area (Å²) in [5.41, 5.74) is 5.61. The Morgan fingerprint density at radius 3 is 3.00 bits per heavy atom. The van der Waals surface area contributed by atoms with Crippen LogP contribution in [-0.2, 0) is 11.5 Å². The number of hydrogen-bond donors (Lipinski definition) is 1. The van der Waals surface area contributed by atoms with Gasteiger partial charge in [-0.15, -0.1) is 0 Å². The minimum atomic E-state index is -0.136. The average molecular weight is 194 g/mol. The van der Waals surface area contributed by atoms with E-state index in [1.165, 1.54) is 18.9 Å². The van der Waals surface area contributed by atoms with Crippen molar-refractivity contribution < 1.29 is 4.74 Å². The summed E-state index contributed by atoms with van der Waals surface area (Å²) in [6.07, 6.45) is 5.86. The quantitative estimate of drug-likeness (QED) is 0.771. The number of ether oxygens (including phenoxy) is 1. The molecule has 0 radical (unpaired) electrons. The van der Waals surface area contributed by atoms with Crippen molar-refractivity contribution in [2.24, 2.45) is 5.92 Å². The first kappa shape index (κ1) is 9.27. The minimum Gasteiger partial charge on any atom is -0.394 e. The molecule has 0 saturated heterocycles. The van der Waals surface area contributed by atoms with E-state index < -0.39 is 0 Å². The Labute approximate surface area is 82.3 Å². The topological polar surface area (TPSA) is 57.2 Å². The molecule has 0 aromatic carbocycles. The van der Waals surface area contributed by atoms with Gasteiger partial charge in [0.25, 0.3) is 0 Å². The van der Waals surface area contributed by atoms with Gasteiger partial charge in [0.15, 0.2) is 0 Å². The van der Waals surface area contributed by atoms with Crippen molar-refractivity contribution in [2.45, 2.75) is 19.6 Å². The van der Waals surface area contributed by atoms with Gasteiger partial charge >= 0.3 is 0 Å². The zero-order chi connectivity index (χ0) is 9.97. The maximum Gasteiger partial charge on any atom is 0.204 e. The van der Waals surface area contributed by atoms with E-state index in [-0.39, 0.29) is 11.1 Å². The van der Waals surface area contributed by atoms with Gasteiger partial charge in [0.2, 0.25) is 5.43 Å². The van der Waals surface area contributed by atoms with E-state index in [4.69, 9.17) is 10.5 Å². The van der Waals surface area contributed by atoms with Crippen LogP contribution in [0.15, 0.2) is 23.3 Å². The fourth-order valence-corrected chi connectivity index (χ4v) is 1.23. The Bertz CT molecular complexity index is 369. The summed E-state index contributed by atoms with van der Waals surface area (Å²) in [5.74, 6) is 0.756. The Morgan fingerprint density at radius 2 is 2.36 bits per heavy atom.